The largest absolute Gasteiger partial charge is 0.497 e. The summed E-state index contributed by atoms with van der Waals surface area (Å²) in [6.07, 6.45) is 2.21. The Balaban J connectivity index is 3.01. The van der Waals surface area contributed by atoms with Crippen molar-refractivity contribution in [2.45, 2.75) is 24.3 Å². The van der Waals surface area contributed by atoms with Crippen LogP contribution in [0.15, 0.2) is 35.7 Å². The average Bonchev–Trinajstić information content (AvgIpc) is 2.27. The highest BCUT2D eigenvalue weighted by atomic mass is 32.2. The predicted octanol–water partition coefficient (Wildman–Crippen LogP) is 1.52. The lowest BCUT2D eigenvalue weighted by molar-refractivity contribution is 0.414. The maximum atomic E-state index is 12.1. The number of methoxy groups -OCH3 is 1. The molecule has 1 unspecified atom stereocenters. The SMILES string of the molecule is C=CCC(C)NS(=O)(=O)c1ccc(OC)cc1N. The van der Waals surface area contributed by atoms with Gasteiger partial charge < -0.3 is 10.5 Å². The number of benzene rings is 1. The number of sulfonamides is 1. The molecule has 18 heavy (non-hydrogen) atoms. The number of anilines is 1. The zero-order valence-electron chi connectivity index (χ0n) is 10.5. The fraction of sp³-hybridized carbons (Fsp3) is 0.333. The van der Waals surface area contributed by atoms with E-state index in [1.165, 1.54) is 19.2 Å². The molecule has 1 aromatic carbocycles. The molecule has 0 radical (unpaired) electrons. The molecule has 1 aromatic rings. The van der Waals surface area contributed by atoms with E-state index < -0.39 is 10.0 Å². The number of ether oxygens (including phenoxy) is 1. The number of nitrogen functional groups attached to an aromatic ring is 1. The van der Waals surface area contributed by atoms with Crippen molar-refractivity contribution in [3.05, 3.63) is 30.9 Å². The Hall–Kier alpha value is -1.53. The fourth-order valence-electron chi connectivity index (χ4n) is 1.52. The van der Waals surface area contributed by atoms with Crippen LogP contribution in [0, 0.1) is 0 Å². The molecule has 6 heteroatoms. The van der Waals surface area contributed by atoms with Crippen LogP contribution in [-0.4, -0.2) is 21.6 Å². The molecule has 0 amide bonds. The summed E-state index contributed by atoms with van der Waals surface area (Å²) in [4.78, 5) is 0.0548. The van der Waals surface area contributed by atoms with Crippen LogP contribution in [0.25, 0.3) is 0 Å². The Kier molecular flexibility index (Phi) is 4.75. The third-order valence-electron chi connectivity index (χ3n) is 2.38. The van der Waals surface area contributed by atoms with Gasteiger partial charge in [-0.2, -0.15) is 0 Å². The van der Waals surface area contributed by atoms with Crippen LogP contribution in [0.1, 0.15) is 13.3 Å². The highest BCUT2D eigenvalue weighted by Crippen LogP contribution is 2.23. The molecule has 100 valence electrons. The maximum Gasteiger partial charge on any atom is 0.242 e. The second kappa shape index (κ2) is 5.88. The van der Waals surface area contributed by atoms with Gasteiger partial charge in [0.2, 0.25) is 10.0 Å². The Morgan fingerprint density at radius 1 is 1.56 bits per heavy atom. The molecule has 0 heterocycles. The Labute approximate surface area is 108 Å². The van der Waals surface area contributed by atoms with E-state index in [1.54, 1.807) is 19.1 Å². The molecule has 0 aliphatic carbocycles. The van der Waals surface area contributed by atoms with Crippen LogP contribution in [0.2, 0.25) is 0 Å². The molecule has 0 bridgehead atoms. The van der Waals surface area contributed by atoms with E-state index in [9.17, 15) is 8.42 Å². The normalized spacial score (nSPS) is 13.0. The molecule has 0 aliphatic rings. The van der Waals surface area contributed by atoms with E-state index in [0.29, 0.717) is 12.2 Å². The molecule has 1 rings (SSSR count). The standard InChI is InChI=1S/C12H18N2O3S/c1-4-5-9(2)14-18(15,16)12-7-6-10(17-3)8-11(12)13/h4,6-9,14H,1,5,13H2,2-3H3. The van der Waals surface area contributed by atoms with Gasteiger partial charge in [-0.15, -0.1) is 6.58 Å². The van der Waals surface area contributed by atoms with Crippen molar-refractivity contribution in [2.75, 3.05) is 12.8 Å². The lowest BCUT2D eigenvalue weighted by Crippen LogP contribution is -2.32. The molecule has 0 aromatic heterocycles. The quantitative estimate of drug-likeness (QED) is 0.606. The van der Waals surface area contributed by atoms with Crippen LogP contribution < -0.4 is 15.2 Å². The average molecular weight is 270 g/mol. The van der Waals surface area contributed by atoms with E-state index in [0.717, 1.165) is 0 Å². The van der Waals surface area contributed by atoms with E-state index in [2.05, 4.69) is 11.3 Å². The van der Waals surface area contributed by atoms with Gasteiger partial charge in [-0.3, -0.25) is 0 Å². The first-order valence-electron chi connectivity index (χ1n) is 5.47. The van der Waals surface area contributed by atoms with Gasteiger partial charge in [0.25, 0.3) is 0 Å². The highest BCUT2D eigenvalue weighted by molar-refractivity contribution is 7.89. The van der Waals surface area contributed by atoms with Crippen molar-refractivity contribution in [1.29, 1.82) is 0 Å². The van der Waals surface area contributed by atoms with Gasteiger partial charge in [-0.1, -0.05) is 6.08 Å². The van der Waals surface area contributed by atoms with Crippen molar-refractivity contribution in [3.8, 4) is 5.75 Å². The van der Waals surface area contributed by atoms with Crippen LogP contribution in [0.4, 0.5) is 5.69 Å². The van der Waals surface area contributed by atoms with E-state index in [4.69, 9.17) is 10.5 Å². The van der Waals surface area contributed by atoms with Crippen LogP contribution in [-0.2, 0) is 10.0 Å². The van der Waals surface area contributed by atoms with Crippen LogP contribution >= 0.6 is 0 Å². The third-order valence-corrected chi connectivity index (χ3v) is 4.05. The lowest BCUT2D eigenvalue weighted by atomic mass is 10.3. The molecule has 1 atom stereocenters. The van der Waals surface area contributed by atoms with Crippen LogP contribution in [0.3, 0.4) is 0 Å². The van der Waals surface area contributed by atoms with Gasteiger partial charge in [0.15, 0.2) is 0 Å². The number of rotatable bonds is 6. The molecule has 3 N–H and O–H groups in total. The predicted molar refractivity (Wildman–Crippen MR) is 72.0 cm³/mol. The first-order valence-corrected chi connectivity index (χ1v) is 6.95. The first kappa shape index (κ1) is 14.5. The summed E-state index contributed by atoms with van der Waals surface area (Å²) in [5, 5.41) is 0. The monoisotopic (exact) mass is 270 g/mol. The van der Waals surface area contributed by atoms with Crippen LogP contribution in [0.5, 0.6) is 5.75 Å². The lowest BCUT2D eigenvalue weighted by Gasteiger charge is -2.14. The topological polar surface area (TPSA) is 81.4 Å². The van der Waals surface area contributed by atoms with Gasteiger partial charge in [0.05, 0.1) is 12.8 Å². The minimum absolute atomic E-state index is 0.0548. The van der Waals surface area contributed by atoms with Crippen molar-refractivity contribution in [3.63, 3.8) is 0 Å². The fourth-order valence-corrected chi connectivity index (χ4v) is 2.89. The molecule has 0 spiro atoms. The summed E-state index contributed by atoms with van der Waals surface area (Å²) in [7, 11) is -2.12. The summed E-state index contributed by atoms with van der Waals surface area (Å²) in [5.74, 6) is 0.519. The second-order valence-corrected chi connectivity index (χ2v) is 5.63. The summed E-state index contributed by atoms with van der Waals surface area (Å²) >= 11 is 0. The molecule has 0 saturated heterocycles. The van der Waals surface area contributed by atoms with E-state index in [1.807, 2.05) is 0 Å². The van der Waals surface area contributed by atoms with E-state index in [-0.39, 0.29) is 16.6 Å². The Bertz CT molecular complexity index is 526. The van der Waals surface area contributed by atoms with Crippen molar-refractivity contribution < 1.29 is 13.2 Å². The molecule has 0 aliphatic heterocycles. The molecule has 0 saturated carbocycles. The second-order valence-electron chi connectivity index (χ2n) is 3.95. The van der Waals surface area contributed by atoms with Crippen molar-refractivity contribution in [1.82, 2.24) is 4.72 Å². The minimum atomic E-state index is -3.62. The van der Waals surface area contributed by atoms with Gasteiger partial charge in [-0.25, -0.2) is 13.1 Å². The number of nitrogens with one attached hydrogen (secondary N) is 1. The molecule has 5 nitrogen and oxygen atoms in total. The summed E-state index contributed by atoms with van der Waals surface area (Å²) in [6, 6.07) is 4.24. The van der Waals surface area contributed by atoms with Gasteiger partial charge in [0, 0.05) is 12.1 Å². The maximum absolute atomic E-state index is 12.1. The Morgan fingerprint density at radius 2 is 2.22 bits per heavy atom. The highest BCUT2D eigenvalue weighted by Gasteiger charge is 2.19. The summed E-state index contributed by atoms with van der Waals surface area (Å²) in [5.41, 5.74) is 5.87. The molecular weight excluding hydrogens is 252 g/mol. The number of hydrogen-bond acceptors (Lipinski definition) is 4. The Morgan fingerprint density at radius 3 is 2.72 bits per heavy atom. The third kappa shape index (κ3) is 3.48. The zero-order valence-corrected chi connectivity index (χ0v) is 11.3. The van der Waals surface area contributed by atoms with Gasteiger partial charge >= 0.3 is 0 Å². The minimum Gasteiger partial charge on any atom is -0.497 e. The van der Waals surface area contributed by atoms with Crippen molar-refractivity contribution >= 4 is 15.7 Å². The number of nitrogens with two attached hydrogens (primary N) is 1. The summed E-state index contributed by atoms with van der Waals surface area (Å²) < 4.78 is 31.6. The molecular formula is C12H18N2O3S. The van der Waals surface area contributed by atoms with Crippen molar-refractivity contribution in [2.24, 2.45) is 0 Å². The summed E-state index contributed by atoms with van der Waals surface area (Å²) in [6.45, 7) is 5.33. The number of hydrogen-bond donors (Lipinski definition) is 2. The first-order chi connectivity index (χ1) is 8.40. The van der Waals surface area contributed by atoms with E-state index >= 15 is 0 Å². The smallest absolute Gasteiger partial charge is 0.242 e. The van der Waals surface area contributed by atoms with Gasteiger partial charge in [0.1, 0.15) is 10.6 Å². The zero-order chi connectivity index (χ0) is 13.8. The molecule has 0 fully saturated rings. The van der Waals surface area contributed by atoms with Gasteiger partial charge in [-0.05, 0) is 25.5 Å².